The van der Waals surface area contributed by atoms with Gasteiger partial charge in [-0.1, -0.05) is 0 Å². The second kappa shape index (κ2) is 8.31. The Kier molecular flexibility index (Phi) is 6.04. The van der Waals surface area contributed by atoms with E-state index in [-0.39, 0.29) is 18.6 Å². The number of rotatable bonds is 6. The van der Waals surface area contributed by atoms with E-state index < -0.39 is 22.2 Å². The van der Waals surface area contributed by atoms with Gasteiger partial charge in [0.25, 0.3) is 0 Å². The standard InChI is InChI=1S/C17H24N4O6S/c1-12(22)18-10-15-11-21(17(23)27-15)13-3-4-16(19-9-13)26-14-5-7-20(8-6-14)28(2,24)25/h3-4,9,14-15H,5-8,10-11H2,1-2H3,(H,18,22)/t15-/m0/s1. The van der Waals surface area contributed by atoms with Crippen molar-refractivity contribution in [2.24, 2.45) is 0 Å². The second-order valence-corrected chi connectivity index (χ2v) is 8.87. The Morgan fingerprint density at radius 1 is 1.36 bits per heavy atom. The van der Waals surface area contributed by atoms with Crippen LogP contribution in [0.25, 0.3) is 0 Å². The molecule has 28 heavy (non-hydrogen) atoms. The number of anilines is 1. The molecule has 3 heterocycles. The third-order valence-corrected chi connectivity index (χ3v) is 5.95. The van der Waals surface area contributed by atoms with Crippen LogP contribution in [0.2, 0.25) is 0 Å². The first-order valence-electron chi connectivity index (χ1n) is 9.03. The molecule has 3 rings (SSSR count). The van der Waals surface area contributed by atoms with Crippen LogP contribution in [0.3, 0.4) is 0 Å². The number of piperidine rings is 1. The number of carbonyl (C=O) groups is 2. The SMILES string of the molecule is CC(=O)NC[C@H]1CN(c2ccc(OC3CCN(S(C)(=O)=O)CC3)nc2)C(=O)O1. The van der Waals surface area contributed by atoms with Crippen LogP contribution in [-0.4, -0.2) is 74.4 Å². The number of pyridine rings is 1. The summed E-state index contributed by atoms with van der Waals surface area (Å²) in [7, 11) is -3.17. The number of cyclic esters (lactones) is 1. The fraction of sp³-hybridized carbons (Fsp3) is 0.588. The van der Waals surface area contributed by atoms with Crippen molar-refractivity contribution < 1.29 is 27.5 Å². The van der Waals surface area contributed by atoms with Crippen LogP contribution in [0.4, 0.5) is 10.5 Å². The van der Waals surface area contributed by atoms with Crippen LogP contribution < -0.4 is 15.0 Å². The van der Waals surface area contributed by atoms with Crippen LogP contribution in [0.5, 0.6) is 5.88 Å². The van der Waals surface area contributed by atoms with Gasteiger partial charge in [-0.2, -0.15) is 0 Å². The summed E-state index contributed by atoms with van der Waals surface area (Å²) in [4.78, 5) is 28.7. The summed E-state index contributed by atoms with van der Waals surface area (Å²) in [5, 5.41) is 2.63. The molecule has 2 amide bonds. The Morgan fingerprint density at radius 3 is 2.64 bits per heavy atom. The van der Waals surface area contributed by atoms with Crippen molar-refractivity contribution in [1.82, 2.24) is 14.6 Å². The van der Waals surface area contributed by atoms with Gasteiger partial charge in [0, 0.05) is 26.1 Å². The molecule has 154 valence electrons. The van der Waals surface area contributed by atoms with Crippen LogP contribution in [0, 0.1) is 0 Å². The van der Waals surface area contributed by atoms with Gasteiger partial charge >= 0.3 is 6.09 Å². The smallest absolute Gasteiger partial charge is 0.414 e. The van der Waals surface area contributed by atoms with E-state index in [2.05, 4.69) is 10.3 Å². The van der Waals surface area contributed by atoms with Crippen molar-refractivity contribution in [3.63, 3.8) is 0 Å². The molecule has 0 radical (unpaired) electrons. The van der Waals surface area contributed by atoms with Gasteiger partial charge in [0.15, 0.2) is 0 Å². The lowest BCUT2D eigenvalue weighted by Crippen LogP contribution is -2.41. The van der Waals surface area contributed by atoms with Crippen LogP contribution >= 0.6 is 0 Å². The number of aromatic nitrogens is 1. The number of amides is 2. The van der Waals surface area contributed by atoms with Gasteiger partial charge in [-0.05, 0) is 18.9 Å². The molecule has 2 saturated heterocycles. The van der Waals surface area contributed by atoms with E-state index in [0.29, 0.717) is 44.0 Å². The third kappa shape index (κ3) is 5.10. The van der Waals surface area contributed by atoms with Crippen molar-refractivity contribution in [3.05, 3.63) is 18.3 Å². The predicted octanol–water partition coefficient (Wildman–Crippen LogP) is 0.346. The van der Waals surface area contributed by atoms with Crippen molar-refractivity contribution in [2.45, 2.75) is 32.0 Å². The Morgan fingerprint density at radius 2 is 2.07 bits per heavy atom. The topological polar surface area (TPSA) is 118 Å². The molecule has 1 N–H and O–H groups in total. The number of ether oxygens (including phenoxy) is 2. The molecule has 10 nitrogen and oxygen atoms in total. The fourth-order valence-corrected chi connectivity index (χ4v) is 4.02. The van der Waals surface area contributed by atoms with Gasteiger partial charge in [0.05, 0.1) is 31.2 Å². The number of nitrogens with one attached hydrogen (secondary N) is 1. The summed E-state index contributed by atoms with van der Waals surface area (Å²) >= 11 is 0. The molecule has 11 heteroatoms. The minimum Gasteiger partial charge on any atom is -0.474 e. The first-order valence-corrected chi connectivity index (χ1v) is 10.9. The van der Waals surface area contributed by atoms with Crippen LogP contribution in [-0.2, 0) is 19.6 Å². The number of hydrogen-bond acceptors (Lipinski definition) is 7. The van der Waals surface area contributed by atoms with Gasteiger partial charge in [0.1, 0.15) is 12.2 Å². The number of hydrogen-bond donors (Lipinski definition) is 1. The summed E-state index contributed by atoms with van der Waals surface area (Å²) in [5.41, 5.74) is 0.578. The number of sulfonamides is 1. The quantitative estimate of drug-likeness (QED) is 0.716. The molecule has 0 bridgehead atoms. The van der Waals surface area contributed by atoms with Gasteiger partial charge in [0.2, 0.25) is 21.8 Å². The van der Waals surface area contributed by atoms with Gasteiger partial charge in [-0.25, -0.2) is 22.5 Å². The maximum Gasteiger partial charge on any atom is 0.414 e. The minimum atomic E-state index is -3.17. The van der Waals surface area contributed by atoms with E-state index in [4.69, 9.17) is 9.47 Å². The maximum atomic E-state index is 12.0. The van der Waals surface area contributed by atoms with Crippen molar-refractivity contribution in [1.29, 1.82) is 0 Å². The molecule has 0 unspecified atom stereocenters. The van der Waals surface area contributed by atoms with E-state index >= 15 is 0 Å². The molecule has 0 spiro atoms. The highest BCUT2D eigenvalue weighted by Crippen LogP contribution is 2.24. The molecule has 0 saturated carbocycles. The Balaban J connectivity index is 1.53. The van der Waals surface area contributed by atoms with Gasteiger partial charge < -0.3 is 14.8 Å². The second-order valence-electron chi connectivity index (χ2n) is 6.89. The molecule has 1 aromatic heterocycles. The Bertz CT molecular complexity index is 821. The molecular formula is C17H24N4O6S. The zero-order valence-electron chi connectivity index (χ0n) is 15.8. The molecule has 0 aromatic carbocycles. The summed E-state index contributed by atoms with van der Waals surface area (Å²) in [6.45, 7) is 2.85. The van der Waals surface area contributed by atoms with Crippen LogP contribution in [0.15, 0.2) is 18.3 Å². The van der Waals surface area contributed by atoms with Gasteiger partial charge in [-0.15, -0.1) is 0 Å². The molecule has 1 aromatic rings. The molecule has 0 aliphatic carbocycles. The summed E-state index contributed by atoms with van der Waals surface area (Å²) in [6.07, 6.45) is 2.93. The molecule has 2 fully saturated rings. The lowest BCUT2D eigenvalue weighted by atomic mass is 10.1. The molecule has 2 aliphatic heterocycles. The number of nitrogens with zero attached hydrogens (tertiary/aromatic N) is 3. The molecule has 1 atom stereocenters. The summed E-state index contributed by atoms with van der Waals surface area (Å²) in [5.74, 6) is 0.240. The van der Waals surface area contributed by atoms with E-state index in [0.717, 1.165) is 0 Å². The fourth-order valence-electron chi connectivity index (χ4n) is 3.15. The van der Waals surface area contributed by atoms with Crippen molar-refractivity contribution in [2.75, 3.05) is 37.3 Å². The monoisotopic (exact) mass is 412 g/mol. The lowest BCUT2D eigenvalue weighted by molar-refractivity contribution is -0.119. The first-order chi connectivity index (χ1) is 13.2. The Labute approximate surface area is 163 Å². The van der Waals surface area contributed by atoms with Gasteiger partial charge in [-0.3, -0.25) is 9.69 Å². The molecular weight excluding hydrogens is 388 g/mol. The average molecular weight is 412 g/mol. The van der Waals surface area contributed by atoms with E-state index in [1.165, 1.54) is 28.6 Å². The maximum absolute atomic E-state index is 12.0. The normalized spacial score (nSPS) is 21.4. The van der Waals surface area contributed by atoms with E-state index in [1.54, 1.807) is 12.1 Å². The minimum absolute atomic E-state index is 0.102. The summed E-state index contributed by atoms with van der Waals surface area (Å²) in [6, 6.07) is 3.39. The highest BCUT2D eigenvalue weighted by molar-refractivity contribution is 7.88. The zero-order chi connectivity index (χ0) is 20.3. The first kappa shape index (κ1) is 20.3. The molecule has 2 aliphatic rings. The highest BCUT2D eigenvalue weighted by atomic mass is 32.2. The van der Waals surface area contributed by atoms with Crippen molar-refractivity contribution >= 4 is 27.7 Å². The third-order valence-electron chi connectivity index (χ3n) is 4.64. The van der Waals surface area contributed by atoms with E-state index in [9.17, 15) is 18.0 Å². The van der Waals surface area contributed by atoms with Crippen LogP contribution in [0.1, 0.15) is 19.8 Å². The average Bonchev–Trinajstić information content (AvgIpc) is 3.01. The Hall–Kier alpha value is -2.40. The zero-order valence-corrected chi connectivity index (χ0v) is 16.6. The number of carbonyl (C=O) groups excluding carboxylic acids is 2. The van der Waals surface area contributed by atoms with E-state index in [1.807, 2.05) is 0 Å². The summed E-state index contributed by atoms with van der Waals surface area (Å²) < 4.78 is 35.6. The largest absolute Gasteiger partial charge is 0.474 e. The highest BCUT2D eigenvalue weighted by Gasteiger charge is 2.32. The lowest BCUT2D eigenvalue weighted by Gasteiger charge is -2.30. The predicted molar refractivity (Wildman–Crippen MR) is 101 cm³/mol. The van der Waals surface area contributed by atoms with Crippen molar-refractivity contribution in [3.8, 4) is 5.88 Å².